The summed E-state index contributed by atoms with van der Waals surface area (Å²) in [6.45, 7) is 0. The Labute approximate surface area is 108 Å². The summed E-state index contributed by atoms with van der Waals surface area (Å²) in [5.74, 6) is 0. The van der Waals surface area contributed by atoms with Crippen LogP contribution in [0, 0.1) is 8.78 Å². The lowest BCUT2D eigenvalue weighted by Crippen LogP contribution is -1.98. The molecule has 0 aliphatic carbocycles. The fourth-order valence-corrected chi connectivity index (χ4v) is 1.70. The molecule has 0 radical (unpaired) electrons. The van der Waals surface area contributed by atoms with Crippen LogP contribution in [0.1, 0.15) is 5.56 Å². The van der Waals surface area contributed by atoms with Crippen LogP contribution in [0.3, 0.4) is 0 Å². The number of halogens is 1. The first-order chi connectivity index (χ1) is 7.75. The Bertz CT molecular complexity index is 491. The van der Waals surface area contributed by atoms with Crippen molar-refractivity contribution in [2.75, 3.05) is 0 Å². The van der Waals surface area contributed by atoms with E-state index in [0.29, 0.717) is 5.69 Å². The lowest BCUT2D eigenvalue weighted by Gasteiger charge is -2.02. The molecule has 0 bridgehead atoms. The molecule has 16 heavy (non-hydrogen) atoms. The third-order valence-corrected chi connectivity index (χ3v) is 2.87. The number of nitrogens with zero attached hydrogens (tertiary/aromatic N) is 1. The zero-order valence-corrected chi connectivity index (χ0v) is 10.7. The van der Waals surface area contributed by atoms with Crippen molar-refractivity contribution < 1.29 is 4.74 Å². The Morgan fingerprint density at radius 3 is 2.19 bits per heavy atom. The molecule has 0 N–H and O–H groups in total. The smallest absolute Gasteiger partial charge is 0.216 e. The Kier molecular flexibility index (Phi) is 3.56. The molecule has 0 aromatic heterocycles. The summed E-state index contributed by atoms with van der Waals surface area (Å²) >= 11 is 2.21. The van der Waals surface area contributed by atoms with E-state index < -0.39 is 0 Å². The van der Waals surface area contributed by atoms with Gasteiger partial charge in [-0.3, -0.25) is 0 Å². The van der Waals surface area contributed by atoms with Crippen LogP contribution in [0.25, 0.3) is 0 Å². The molecule has 0 atom stereocenters. The predicted molar refractivity (Wildman–Crippen MR) is 74.1 cm³/mol. The van der Waals surface area contributed by atoms with Crippen LogP contribution >= 0.6 is 22.6 Å². The zero-order chi connectivity index (χ0) is 11.4. The minimum absolute atomic E-state index is 0.643. The summed E-state index contributed by atoms with van der Waals surface area (Å²) in [6, 6.07) is 17.0. The highest BCUT2D eigenvalue weighted by Crippen LogP contribution is 2.13. The van der Waals surface area contributed by atoms with Gasteiger partial charge >= 0.3 is 0 Å². The maximum absolute atomic E-state index is 11.8. The molecular weight excluding hydrogens is 313 g/mol. The van der Waals surface area contributed by atoms with E-state index in [2.05, 4.69) is 22.6 Å². The van der Waals surface area contributed by atoms with Gasteiger partial charge in [-0.05, 0) is 46.9 Å². The molecule has 0 aliphatic heterocycles. The second-order valence-corrected chi connectivity index (χ2v) is 4.59. The monoisotopic (exact) mass is 323 g/mol. The topological polar surface area (TPSA) is 26.1 Å². The van der Waals surface area contributed by atoms with Gasteiger partial charge in [0.25, 0.3) is 0 Å². The van der Waals surface area contributed by atoms with E-state index in [-0.39, 0.29) is 0 Å². The van der Waals surface area contributed by atoms with Crippen molar-refractivity contribution in [3.8, 4) is 0 Å². The van der Waals surface area contributed by atoms with Crippen LogP contribution in [0.2, 0.25) is 0 Å². The van der Waals surface area contributed by atoms with E-state index in [0.717, 1.165) is 13.9 Å². The van der Waals surface area contributed by atoms with Gasteiger partial charge in [0.1, 0.15) is 0 Å². The molecule has 0 fully saturated rings. The molecule has 0 unspecified atom stereocenters. The third kappa shape index (κ3) is 2.82. The fourth-order valence-electron chi connectivity index (χ4n) is 1.34. The van der Waals surface area contributed by atoms with Gasteiger partial charge in [-0.25, -0.2) is 0 Å². The molecule has 0 aliphatic rings. The van der Waals surface area contributed by atoms with Crippen LogP contribution in [0.5, 0.6) is 0 Å². The highest BCUT2D eigenvalue weighted by atomic mass is 127. The van der Waals surface area contributed by atoms with Crippen LogP contribution in [-0.4, -0.2) is 11.0 Å². The highest BCUT2D eigenvalue weighted by molar-refractivity contribution is 14.1. The molecule has 0 amide bonds. The second-order valence-electron chi connectivity index (χ2n) is 3.34. The van der Waals surface area contributed by atoms with Gasteiger partial charge in [0, 0.05) is 21.3 Å². The fraction of sp³-hybridized carbons (Fsp3) is 0. The number of hydrogen-bond donors (Lipinski definition) is 0. The van der Waals surface area contributed by atoms with Crippen molar-refractivity contribution in [1.82, 2.24) is 0 Å². The summed E-state index contributed by atoms with van der Waals surface area (Å²) in [7, 11) is 0. The average Bonchev–Trinajstić information content (AvgIpc) is 2.31. The molecule has 0 saturated carbocycles. The first kappa shape index (κ1) is 11.1. The molecule has 2 aromatic carbocycles. The number of benzene rings is 2. The Balaban J connectivity index is 2.28. The first-order valence-corrected chi connectivity index (χ1v) is 5.95. The maximum atomic E-state index is 11.8. The van der Waals surface area contributed by atoms with Crippen molar-refractivity contribution in [3.63, 3.8) is 0 Å². The first-order valence-electron chi connectivity index (χ1n) is 4.87. The summed E-state index contributed by atoms with van der Waals surface area (Å²) in [6.07, 6.45) is 1.57. The van der Waals surface area contributed by atoms with Gasteiger partial charge in [0.2, 0.25) is 5.69 Å². The molecule has 3 heteroatoms. The molecule has 2 aromatic rings. The van der Waals surface area contributed by atoms with Gasteiger partial charge in [-0.15, -0.1) is 0 Å². The molecular formula is C13H10INO. The van der Waals surface area contributed by atoms with E-state index in [1.54, 1.807) is 6.21 Å². The Morgan fingerprint density at radius 1 is 0.938 bits per heavy atom. The van der Waals surface area contributed by atoms with E-state index in [1.165, 1.54) is 0 Å². The SMILES string of the molecule is [O-][N+](=Cc1ccccc1)c1ccc(I)cc1. The standard InChI is InChI=1S/C13H10INO/c14-12-6-8-13(9-7-12)15(16)10-11-4-2-1-3-5-11/h1-10H. The molecule has 0 spiro atoms. The predicted octanol–water partition coefficient (Wildman–Crippen LogP) is 3.55. The maximum Gasteiger partial charge on any atom is 0.216 e. The van der Waals surface area contributed by atoms with Gasteiger partial charge < -0.3 is 5.21 Å². The summed E-state index contributed by atoms with van der Waals surface area (Å²) < 4.78 is 2.00. The minimum atomic E-state index is 0.643. The van der Waals surface area contributed by atoms with Gasteiger partial charge in [0.15, 0.2) is 6.21 Å². The number of hydrogen-bond acceptors (Lipinski definition) is 1. The lowest BCUT2D eigenvalue weighted by molar-refractivity contribution is -0.354. The van der Waals surface area contributed by atoms with E-state index in [9.17, 15) is 5.21 Å². The molecule has 0 saturated heterocycles. The summed E-state index contributed by atoms with van der Waals surface area (Å²) in [5.41, 5.74) is 1.54. The average molecular weight is 323 g/mol. The van der Waals surface area contributed by atoms with Gasteiger partial charge in [0.05, 0.1) is 0 Å². The van der Waals surface area contributed by atoms with Crippen LogP contribution in [0.15, 0.2) is 54.6 Å². The zero-order valence-electron chi connectivity index (χ0n) is 8.51. The largest absolute Gasteiger partial charge is 0.618 e. The summed E-state index contributed by atoms with van der Waals surface area (Å²) in [4.78, 5) is 0. The molecule has 0 heterocycles. The van der Waals surface area contributed by atoms with Gasteiger partial charge in [-0.2, -0.15) is 4.74 Å². The normalized spacial score (nSPS) is 11.4. The molecule has 2 nitrogen and oxygen atoms in total. The van der Waals surface area contributed by atoms with Crippen molar-refractivity contribution in [3.05, 3.63) is 68.9 Å². The second kappa shape index (κ2) is 5.12. The van der Waals surface area contributed by atoms with Crippen LogP contribution in [-0.2, 0) is 0 Å². The minimum Gasteiger partial charge on any atom is -0.618 e. The summed E-state index contributed by atoms with van der Waals surface area (Å²) in [5, 5.41) is 11.8. The van der Waals surface area contributed by atoms with Crippen LogP contribution in [0.4, 0.5) is 5.69 Å². The van der Waals surface area contributed by atoms with Crippen LogP contribution < -0.4 is 0 Å². The van der Waals surface area contributed by atoms with E-state index in [1.807, 2.05) is 54.6 Å². The number of rotatable bonds is 2. The van der Waals surface area contributed by atoms with E-state index in [4.69, 9.17) is 0 Å². The van der Waals surface area contributed by atoms with Crippen molar-refractivity contribution in [1.29, 1.82) is 0 Å². The van der Waals surface area contributed by atoms with Gasteiger partial charge in [-0.1, -0.05) is 18.2 Å². The Morgan fingerprint density at radius 2 is 1.56 bits per heavy atom. The molecule has 80 valence electrons. The van der Waals surface area contributed by atoms with E-state index >= 15 is 0 Å². The van der Waals surface area contributed by atoms with Crippen molar-refractivity contribution >= 4 is 34.5 Å². The highest BCUT2D eigenvalue weighted by Gasteiger charge is 2.00. The quantitative estimate of drug-likeness (QED) is 0.273. The Hall–Kier alpha value is -1.36. The molecule has 2 rings (SSSR count). The third-order valence-electron chi connectivity index (χ3n) is 2.15. The van der Waals surface area contributed by atoms with Crippen molar-refractivity contribution in [2.45, 2.75) is 0 Å². The lowest BCUT2D eigenvalue weighted by atomic mass is 10.2. The van der Waals surface area contributed by atoms with Crippen molar-refractivity contribution in [2.24, 2.45) is 0 Å².